The minimum absolute atomic E-state index is 0.0787. The van der Waals surface area contributed by atoms with Gasteiger partial charge in [0.15, 0.2) is 6.10 Å². The molecule has 0 fully saturated rings. The number of phosphoric acid groups is 1. The number of ether oxygens (including phenoxy) is 2. The Morgan fingerprint density at radius 2 is 0.929 bits per heavy atom. The van der Waals surface area contributed by atoms with E-state index in [1.54, 1.807) is 0 Å². The molecule has 0 aliphatic rings. The Morgan fingerprint density at radius 1 is 0.554 bits per heavy atom. The van der Waals surface area contributed by atoms with Crippen molar-refractivity contribution in [2.24, 2.45) is 5.90 Å². The number of hydrogen-bond donors (Lipinski definition) is 3. The molecule has 0 rings (SSSR count). The number of phosphoric ester groups is 1. The third-order valence-corrected chi connectivity index (χ3v) is 11.0. The molecule has 0 saturated carbocycles. The Bertz CT molecular complexity index is 958. The van der Waals surface area contributed by atoms with Crippen LogP contribution in [0.2, 0.25) is 0 Å². The van der Waals surface area contributed by atoms with E-state index in [0.29, 0.717) is 12.8 Å². The molecule has 0 aromatic carbocycles. The van der Waals surface area contributed by atoms with Gasteiger partial charge >= 0.3 is 19.8 Å². The second kappa shape index (κ2) is 41.6. The second-order valence-electron chi connectivity index (χ2n) is 15.5. The normalized spacial score (nSPS) is 13.0. The summed E-state index contributed by atoms with van der Waals surface area (Å²) in [5.41, 5.74) is 0. The van der Waals surface area contributed by atoms with E-state index in [-0.39, 0.29) is 39.2 Å². The van der Waals surface area contributed by atoms with E-state index in [9.17, 15) is 23.8 Å². The van der Waals surface area contributed by atoms with Gasteiger partial charge in [-0.25, -0.2) is 10.5 Å². The second-order valence-corrected chi connectivity index (χ2v) is 16.9. The molecule has 0 radical (unpaired) electrons. The highest BCUT2D eigenvalue weighted by molar-refractivity contribution is 7.47. The Labute approximate surface area is 341 Å². The molecule has 2 atom stereocenters. The van der Waals surface area contributed by atoms with Crippen molar-refractivity contribution >= 4 is 25.7 Å². The Morgan fingerprint density at radius 3 is 1.32 bits per heavy atom. The molecule has 0 bridgehead atoms. The van der Waals surface area contributed by atoms with Gasteiger partial charge in [-0.05, 0) is 12.8 Å². The number of nitrogens with two attached hydrogens (primary N) is 1. The van der Waals surface area contributed by atoms with Crippen LogP contribution < -0.4 is 11.2 Å². The fraction of sp³-hybridized carbons (Fsp3) is 0.930. The number of carbonyl (C=O) groups excluding carboxylic acids is 3. The predicted octanol–water partition coefficient (Wildman–Crippen LogP) is 11.1. The summed E-state index contributed by atoms with van der Waals surface area (Å²) in [5, 5.41) is 2.40. The molecule has 0 aliphatic heterocycles. The lowest BCUT2D eigenvalue weighted by atomic mass is 10.0. The van der Waals surface area contributed by atoms with Crippen LogP contribution in [0.1, 0.15) is 219 Å². The molecule has 4 N–H and O–H groups in total. The maximum absolute atomic E-state index is 12.7. The number of hydrogen-bond acceptors (Lipinski definition) is 10. The molecule has 13 heteroatoms. The van der Waals surface area contributed by atoms with Gasteiger partial charge in [0, 0.05) is 19.4 Å². The van der Waals surface area contributed by atoms with Crippen LogP contribution in [-0.4, -0.2) is 61.8 Å². The summed E-state index contributed by atoms with van der Waals surface area (Å²) in [6, 6.07) is 0. The number of nitrogens with one attached hydrogen (secondary N) is 1. The fourth-order valence-corrected chi connectivity index (χ4v) is 7.34. The maximum Gasteiger partial charge on any atom is 0.472 e. The van der Waals surface area contributed by atoms with Crippen LogP contribution in [0.5, 0.6) is 0 Å². The largest absolute Gasteiger partial charge is 0.472 e. The molecular weight excluding hydrogens is 735 g/mol. The van der Waals surface area contributed by atoms with E-state index in [1.807, 2.05) is 0 Å². The molecule has 56 heavy (non-hydrogen) atoms. The van der Waals surface area contributed by atoms with Crippen molar-refractivity contribution in [2.45, 2.75) is 225 Å². The first kappa shape index (κ1) is 54.4. The lowest BCUT2D eigenvalue weighted by molar-refractivity contribution is -0.161. The molecule has 0 aromatic heterocycles. The zero-order valence-corrected chi connectivity index (χ0v) is 36.8. The monoisotopic (exact) mass is 821 g/mol. The Kier molecular flexibility index (Phi) is 40.4. The standard InChI is InChI=1S/C43H85N2O10P/c1-3-5-7-9-11-13-15-17-19-21-23-25-27-29-31-33-42(47)51-37-40(38-54-56(49,50)53-36-35-45-41(46)39-52-44)55-43(48)34-32-30-28-26-24-22-20-18-16-14-12-10-8-6-4-2/h40H,3-39,44H2,1-2H3,(H,45,46)(H,49,50). The summed E-state index contributed by atoms with van der Waals surface area (Å²) >= 11 is 0. The van der Waals surface area contributed by atoms with E-state index >= 15 is 0 Å². The molecule has 0 heterocycles. The van der Waals surface area contributed by atoms with Gasteiger partial charge in [0.1, 0.15) is 13.2 Å². The summed E-state index contributed by atoms with van der Waals surface area (Å²) in [6.07, 6.45) is 36.2. The zero-order valence-electron chi connectivity index (χ0n) is 35.9. The zero-order chi connectivity index (χ0) is 41.2. The third-order valence-electron chi connectivity index (χ3n) is 10.0. The van der Waals surface area contributed by atoms with Crippen LogP contribution in [0.25, 0.3) is 0 Å². The minimum atomic E-state index is -4.55. The topological polar surface area (TPSA) is 173 Å². The van der Waals surface area contributed by atoms with E-state index in [4.69, 9.17) is 24.4 Å². The van der Waals surface area contributed by atoms with Crippen LogP contribution in [0.3, 0.4) is 0 Å². The first-order valence-electron chi connectivity index (χ1n) is 22.8. The van der Waals surface area contributed by atoms with E-state index < -0.39 is 38.4 Å². The molecule has 2 unspecified atom stereocenters. The van der Waals surface area contributed by atoms with E-state index in [2.05, 4.69) is 24.0 Å². The quantitative estimate of drug-likeness (QED) is 0.0231. The van der Waals surface area contributed by atoms with Crippen molar-refractivity contribution in [3.05, 3.63) is 0 Å². The summed E-state index contributed by atoms with van der Waals surface area (Å²) in [4.78, 5) is 50.9. The molecule has 0 spiro atoms. The van der Waals surface area contributed by atoms with Crippen LogP contribution in [-0.2, 0) is 42.3 Å². The molecule has 12 nitrogen and oxygen atoms in total. The highest BCUT2D eigenvalue weighted by atomic mass is 31.2. The minimum Gasteiger partial charge on any atom is -0.462 e. The first-order chi connectivity index (χ1) is 27.2. The van der Waals surface area contributed by atoms with E-state index in [1.165, 1.54) is 148 Å². The Hall–Kier alpha value is -1.56. The average Bonchev–Trinajstić information content (AvgIpc) is 3.17. The molecule has 0 saturated heterocycles. The molecule has 1 amide bonds. The first-order valence-corrected chi connectivity index (χ1v) is 24.3. The summed E-state index contributed by atoms with van der Waals surface area (Å²) in [5.74, 6) is 3.43. The highest BCUT2D eigenvalue weighted by Gasteiger charge is 2.26. The van der Waals surface area contributed by atoms with Crippen LogP contribution in [0.4, 0.5) is 0 Å². The summed E-state index contributed by atoms with van der Waals surface area (Å²) in [6.45, 7) is 2.95. The van der Waals surface area contributed by atoms with Crippen LogP contribution in [0.15, 0.2) is 0 Å². The smallest absolute Gasteiger partial charge is 0.462 e. The number of rotatable bonds is 44. The van der Waals surface area contributed by atoms with Crippen LogP contribution >= 0.6 is 7.82 Å². The van der Waals surface area contributed by atoms with Gasteiger partial charge in [-0.3, -0.25) is 28.3 Å². The lowest BCUT2D eigenvalue weighted by Gasteiger charge is -2.20. The number of carbonyl (C=O) groups is 3. The van der Waals surface area contributed by atoms with Gasteiger partial charge in [-0.15, -0.1) is 0 Å². The van der Waals surface area contributed by atoms with Gasteiger partial charge in [-0.1, -0.05) is 194 Å². The number of unbranched alkanes of at least 4 members (excludes halogenated alkanes) is 28. The summed E-state index contributed by atoms with van der Waals surface area (Å²) in [7, 11) is -4.55. The van der Waals surface area contributed by atoms with Crippen molar-refractivity contribution in [3.63, 3.8) is 0 Å². The van der Waals surface area contributed by atoms with Crippen molar-refractivity contribution in [1.29, 1.82) is 0 Å². The Balaban J connectivity index is 4.36. The van der Waals surface area contributed by atoms with Crippen molar-refractivity contribution in [3.8, 4) is 0 Å². The van der Waals surface area contributed by atoms with Crippen molar-refractivity contribution in [1.82, 2.24) is 5.32 Å². The van der Waals surface area contributed by atoms with E-state index in [0.717, 1.165) is 32.1 Å². The summed E-state index contributed by atoms with van der Waals surface area (Å²) < 4.78 is 33.3. The van der Waals surface area contributed by atoms with Crippen LogP contribution in [0, 0.1) is 0 Å². The molecule has 332 valence electrons. The van der Waals surface area contributed by atoms with Gasteiger partial charge in [0.25, 0.3) is 0 Å². The third kappa shape index (κ3) is 40.6. The highest BCUT2D eigenvalue weighted by Crippen LogP contribution is 2.43. The van der Waals surface area contributed by atoms with Gasteiger partial charge in [0.05, 0.1) is 13.2 Å². The fourth-order valence-electron chi connectivity index (χ4n) is 6.59. The molecule has 0 aliphatic carbocycles. The molecular formula is C43H85N2O10P. The lowest BCUT2D eigenvalue weighted by Crippen LogP contribution is -2.31. The SMILES string of the molecule is CCCCCCCCCCCCCCCCCC(=O)OCC(COP(=O)(O)OCCNC(=O)CON)OC(=O)CCCCCCCCCCCCCCCCC. The van der Waals surface area contributed by atoms with Crippen molar-refractivity contribution in [2.75, 3.05) is 33.0 Å². The predicted molar refractivity (Wildman–Crippen MR) is 225 cm³/mol. The average molecular weight is 821 g/mol. The molecule has 0 aromatic rings. The maximum atomic E-state index is 12.7. The van der Waals surface area contributed by atoms with Gasteiger partial charge < -0.3 is 19.7 Å². The van der Waals surface area contributed by atoms with Gasteiger partial charge in [-0.2, -0.15) is 0 Å². The number of esters is 2. The number of amides is 1. The van der Waals surface area contributed by atoms with Crippen molar-refractivity contribution < 1.29 is 47.2 Å². The van der Waals surface area contributed by atoms with Gasteiger partial charge in [0.2, 0.25) is 5.91 Å².